The van der Waals surface area contributed by atoms with Gasteiger partial charge in [0.15, 0.2) is 5.82 Å². The minimum absolute atomic E-state index is 0.0501. The second-order valence-corrected chi connectivity index (χ2v) is 6.21. The van der Waals surface area contributed by atoms with E-state index in [1.54, 1.807) is 18.2 Å². The molecule has 1 heterocycles. The molecule has 0 aliphatic carbocycles. The number of aryl methyl sites for hydroxylation is 1. The average Bonchev–Trinajstić information content (AvgIpc) is 2.69. The number of anilines is 1. The van der Waals surface area contributed by atoms with Gasteiger partial charge in [-0.2, -0.15) is 5.10 Å². The highest BCUT2D eigenvalue weighted by Gasteiger charge is 2.06. The summed E-state index contributed by atoms with van der Waals surface area (Å²) < 4.78 is 0. The van der Waals surface area contributed by atoms with Crippen molar-refractivity contribution >= 4 is 22.5 Å². The first-order valence-electron chi connectivity index (χ1n) is 8.90. The lowest BCUT2D eigenvalue weighted by molar-refractivity contribution is -0.121. The lowest BCUT2D eigenvalue weighted by Crippen LogP contribution is -2.26. The number of nitrogens with one attached hydrogen (secondary N) is 3. The van der Waals surface area contributed by atoms with Gasteiger partial charge in [0.1, 0.15) is 5.75 Å². The van der Waals surface area contributed by atoms with Gasteiger partial charge < -0.3 is 15.7 Å². The molecule has 4 N–H and O–H groups in total. The third kappa shape index (κ3) is 4.84. The van der Waals surface area contributed by atoms with Crippen molar-refractivity contribution in [3.63, 3.8) is 0 Å². The minimum Gasteiger partial charge on any atom is -0.508 e. The van der Waals surface area contributed by atoms with Crippen LogP contribution in [-0.2, 0) is 11.2 Å². The van der Waals surface area contributed by atoms with Crippen molar-refractivity contribution in [1.82, 2.24) is 15.5 Å². The molecule has 0 aliphatic rings. The molecule has 0 spiro atoms. The van der Waals surface area contributed by atoms with Crippen molar-refractivity contribution in [3.05, 3.63) is 64.4 Å². The smallest absolute Gasteiger partial charge is 0.272 e. The standard InChI is InChI=1S/C20H22N4O3/c25-17-9-4-1-6-14(17)10-11-18(26)21-12-5-13-22-19-15-7-2-3-8-16(15)20(27)24-23-19/h1-4,6-9,25H,5,10-13H2,(H,21,26)(H,22,23)(H,24,27). The number of benzene rings is 2. The number of nitrogens with zero attached hydrogens (tertiary/aromatic N) is 1. The Bertz CT molecular complexity index is 984. The van der Waals surface area contributed by atoms with Crippen LogP contribution in [0, 0.1) is 0 Å². The predicted molar refractivity (Wildman–Crippen MR) is 105 cm³/mol. The number of carbonyl (C=O) groups excluding carboxylic acids is 1. The first-order valence-corrected chi connectivity index (χ1v) is 8.90. The SMILES string of the molecule is O=C(CCc1ccccc1O)NCCCNc1n[nH]c(=O)c2ccccc12. The van der Waals surface area contributed by atoms with E-state index in [9.17, 15) is 14.7 Å². The predicted octanol–water partition coefficient (Wildman–Crippen LogP) is 2.18. The van der Waals surface area contributed by atoms with Crippen LogP contribution in [0.4, 0.5) is 5.82 Å². The maximum atomic E-state index is 11.9. The van der Waals surface area contributed by atoms with Gasteiger partial charge in [0.2, 0.25) is 5.91 Å². The average molecular weight is 366 g/mol. The summed E-state index contributed by atoms with van der Waals surface area (Å²) >= 11 is 0. The molecule has 0 fully saturated rings. The fourth-order valence-corrected chi connectivity index (χ4v) is 2.83. The molecule has 27 heavy (non-hydrogen) atoms. The molecule has 0 aliphatic heterocycles. The summed E-state index contributed by atoms with van der Waals surface area (Å²) in [6.45, 7) is 1.15. The number of phenolic OH excluding ortho intramolecular Hbond substituents is 1. The fourth-order valence-electron chi connectivity index (χ4n) is 2.83. The summed E-state index contributed by atoms with van der Waals surface area (Å²) in [5.41, 5.74) is 0.554. The minimum atomic E-state index is -0.215. The van der Waals surface area contributed by atoms with Crippen LogP contribution >= 0.6 is 0 Å². The third-order valence-corrected chi connectivity index (χ3v) is 4.28. The van der Waals surface area contributed by atoms with Crippen LogP contribution in [0.25, 0.3) is 10.8 Å². The van der Waals surface area contributed by atoms with E-state index in [0.717, 1.165) is 17.4 Å². The summed E-state index contributed by atoms with van der Waals surface area (Å²) in [7, 11) is 0. The lowest BCUT2D eigenvalue weighted by Gasteiger charge is -2.09. The van der Waals surface area contributed by atoms with Gasteiger partial charge in [0.25, 0.3) is 5.56 Å². The Labute approximate surface area is 156 Å². The number of para-hydroxylation sites is 1. The molecular weight excluding hydrogens is 344 g/mol. The van der Waals surface area contributed by atoms with Crippen LogP contribution in [0.15, 0.2) is 53.3 Å². The van der Waals surface area contributed by atoms with E-state index in [1.807, 2.05) is 30.3 Å². The summed E-state index contributed by atoms with van der Waals surface area (Å²) in [4.78, 5) is 23.7. The number of aromatic amines is 1. The summed E-state index contributed by atoms with van der Waals surface area (Å²) in [6, 6.07) is 14.3. The molecule has 3 aromatic rings. The Morgan fingerprint density at radius 1 is 1.04 bits per heavy atom. The first-order chi connectivity index (χ1) is 13.1. The Balaban J connectivity index is 1.41. The molecule has 0 atom stereocenters. The number of rotatable bonds is 8. The molecule has 0 saturated heterocycles. The molecule has 7 nitrogen and oxygen atoms in total. The molecule has 140 valence electrons. The number of hydrogen-bond donors (Lipinski definition) is 4. The number of aromatic hydroxyl groups is 1. The normalized spacial score (nSPS) is 10.7. The zero-order valence-electron chi connectivity index (χ0n) is 14.9. The molecule has 0 radical (unpaired) electrons. The van der Waals surface area contributed by atoms with Gasteiger partial charge in [-0.1, -0.05) is 36.4 Å². The number of hydrogen-bond acceptors (Lipinski definition) is 5. The van der Waals surface area contributed by atoms with Gasteiger partial charge in [0.05, 0.1) is 5.39 Å². The molecule has 2 aromatic carbocycles. The van der Waals surface area contributed by atoms with Gasteiger partial charge in [-0.15, -0.1) is 0 Å². The maximum absolute atomic E-state index is 11.9. The highest BCUT2D eigenvalue weighted by Crippen LogP contribution is 2.17. The van der Waals surface area contributed by atoms with Crippen LogP contribution in [-0.4, -0.2) is 34.3 Å². The topological polar surface area (TPSA) is 107 Å². The summed E-state index contributed by atoms with van der Waals surface area (Å²) in [6.07, 6.45) is 1.55. The second-order valence-electron chi connectivity index (χ2n) is 6.21. The van der Waals surface area contributed by atoms with Crippen LogP contribution in [0.5, 0.6) is 5.75 Å². The van der Waals surface area contributed by atoms with E-state index < -0.39 is 0 Å². The molecule has 1 amide bonds. The monoisotopic (exact) mass is 366 g/mol. The largest absolute Gasteiger partial charge is 0.508 e. The Hall–Kier alpha value is -3.35. The van der Waals surface area contributed by atoms with Gasteiger partial charge in [-0.3, -0.25) is 9.59 Å². The number of phenols is 1. The zero-order valence-corrected chi connectivity index (χ0v) is 14.9. The van der Waals surface area contributed by atoms with Crippen LogP contribution in [0.2, 0.25) is 0 Å². The highest BCUT2D eigenvalue weighted by molar-refractivity contribution is 5.90. The zero-order chi connectivity index (χ0) is 19.1. The quantitative estimate of drug-likeness (QED) is 0.457. The molecule has 3 rings (SSSR count). The number of aromatic nitrogens is 2. The van der Waals surface area contributed by atoms with Crippen molar-refractivity contribution in [2.75, 3.05) is 18.4 Å². The number of carbonyl (C=O) groups is 1. The first kappa shape index (κ1) is 18.4. The van der Waals surface area contributed by atoms with Crippen molar-refractivity contribution in [2.24, 2.45) is 0 Å². The molecule has 7 heteroatoms. The van der Waals surface area contributed by atoms with Crippen molar-refractivity contribution in [1.29, 1.82) is 0 Å². The van der Waals surface area contributed by atoms with Gasteiger partial charge >= 0.3 is 0 Å². The fraction of sp³-hybridized carbons (Fsp3) is 0.250. The summed E-state index contributed by atoms with van der Waals surface area (Å²) in [5, 5.41) is 23.6. The number of H-pyrrole nitrogens is 1. The summed E-state index contributed by atoms with van der Waals surface area (Å²) in [5.74, 6) is 0.789. The van der Waals surface area contributed by atoms with Crippen LogP contribution < -0.4 is 16.2 Å². The number of fused-ring (bicyclic) bond motifs is 1. The van der Waals surface area contributed by atoms with E-state index in [1.165, 1.54) is 0 Å². The highest BCUT2D eigenvalue weighted by atomic mass is 16.3. The maximum Gasteiger partial charge on any atom is 0.272 e. The van der Waals surface area contributed by atoms with Gasteiger partial charge in [-0.25, -0.2) is 5.10 Å². The van der Waals surface area contributed by atoms with E-state index >= 15 is 0 Å². The van der Waals surface area contributed by atoms with Crippen molar-refractivity contribution in [2.45, 2.75) is 19.3 Å². The van der Waals surface area contributed by atoms with E-state index in [2.05, 4.69) is 20.8 Å². The Morgan fingerprint density at radius 2 is 1.78 bits per heavy atom. The molecule has 1 aromatic heterocycles. The van der Waals surface area contributed by atoms with Gasteiger partial charge in [-0.05, 0) is 30.5 Å². The van der Waals surface area contributed by atoms with Gasteiger partial charge in [0, 0.05) is 24.9 Å². The molecule has 0 saturated carbocycles. The molecule has 0 bridgehead atoms. The lowest BCUT2D eigenvalue weighted by atomic mass is 10.1. The third-order valence-electron chi connectivity index (χ3n) is 4.28. The van der Waals surface area contributed by atoms with E-state index in [0.29, 0.717) is 37.1 Å². The van der Waals surface area contributed by atoms with Crippen molar-refractivity contribution in [3.8, 4) is 5.75 Å². The van der Waals surface area contributed by atoms with Crippen LogP contribution in [0.3, 0.4) is 0 Å². The molecule has 0 unspecified atom stereocenters. The Morgan fingerprint density at radius 3 is 2.59 bits per heavy atom. The molecular formula is C20H22N4O3. The van der Waals surface area contributed by atoms with Crippen molar-refractivity contribution < 1.29 is 9.90 Å². The number of amides is 1. The van der Waals surface area contributed by atoms with E-state index in [4.69, 9.17) is 0 Å². The van der Waals surface area contributed by atoms with Crippen LogP contribution in [0.1, 0.15) is 18.4 Å². The Kier molecular flexibility index (Phi) is 6.04. The second kappa shape index (κ2) is 8.84. The van der Waals surface area contributed by atoms with E-state index in [-0.39, 0.29) is 17.2 Å².